The van der Waals surface area contributed by atoms with Crippen molar-refractivity contribution in [2.24, 2.45) is 0 Å². The van der Waals surface area contributed by atoms with Crippen LogP contribution in [-0.4, -0.2) is 78.6 Å². The normalized spacial score (nSPS) is 20.4. The van der Waals surface area contributed by atoms with E-state index in [0.29, 0.717) is 12.2 Å². The molecule has 244 valence electrons. The van der Waals surface area contributed by atoms with E-state index in [9.17, 15) is 19.2 Å². The summed E-state index contributed by atoms with van der Waals surface area (Å²) in [6.07, 6.45) is 3.01. The standard InChI is InChI=1S/C34H47IN4O5Si/c1-22(38(5)33(43)44-34(2,3)4)30(40)37-28(19-23-15-17-25(35)18-16-23)32(42)39-21-45(6,7)20-29(39)31(41)36-27-14-10-12-24-11-8-9-13-26(24)27/h8-9,11,13,15-18,22,27-29H,10,12,14,19-21H2,1-7H3,(H,36,41)(H,37,40)/t22-,27?,28-,29-/m0/s1. The molecule has 2 aromatic carbocycles. The monoisotopic (exact) mass is 746 g/mol. The highest BCUT2D eigenvalue weighted by Crippen LogP contribution is 2.32. The van der Waals surface area contributed by atoms with Crippen molar-refractivity contribution in [3.63, 3.8) is 0 Å². The smallest absolute Gasteiger partial charge is 0.410 e. The number of carbonyl (C=O) groups is 4. The fraction of sp³-hybridized carbons (Fsp3) is 0.529. The molecule has 4 rings (SSSR count). The topological polar surface area (TPSA) is 108 Å². The number of likely N-dealkylation sites (N-methyl/N-ethyl adjacent to an activating group) is 1. The third-order valence-electron chi connectivity index (χ3n) is 8.60. The van der Waals surface area contributed by atoms with Crippen molar-refractivity contribution < 1.29 is 23.9 Å². The summed E-state index contributed by atoms with van der Waals surface area (Å²) in [4.78, 5) is 57.5. The number of halogens is 1. The maximum atomic E-state index is 14.4. The zero-order valence-electron chi connectivity index (χ0n) is 27.5. The van der Waals surface area contributed by atoms with Gasteiger partial charge in [0.25, 0.3) is 0 Å². The van der Waals surface area contributed by atoms with Gasteiger partial charge in [0.15, 0.2) is 0 Å². The zero-order valence-corrected chi connectivity index (χ0v) is 30.6. The predicted molar refractivity (Wildman–Crippen MR) is 186 cm³/mol. The highest BCUT2D eigenvalue weighted by atomic mass is 127. The van der Waals surface area contributed by atoms with Crippen LogP contribution in [0.25, 0.3) is 0 Å². The van der Waals surface area contributed by atoms with Crippen molar-refractivity contribution in [3.05, 3.63) is 68.8 Å². The summed E-state index contributed by atoms with van der Waals surface area (Å²) < 4.78 is 6.51. The lowest BCUT2D eigenvalue weighted by molar-refractivity contribution is -0.141. The molecule has 0 radical (unpaired) electrons. The molecular formula is C34H47IN4O5Si. The van der Waals surface area contributed by atoms with E-state index in [4.69, 9.17) is 4.74 Å². The maximum absolute atomic E-state index is 14.4. The third kappa shape index (κ3) is 9.08. The quantitative estimate of drug-likeness (QED) is 0.285. The maximum Gasteiger partial charge on any atom is 0.410 e. The number of ether oxygens (including phenoxy) is 1. The van der Waals surface area contributed by atoms with Gasteiger partial charge in [0.2, 0.25) is 17.7 Å². The van der Waals surface area contributed by atoms with Gasteiger partial charge in [-0.25, -0.2) is 4.79 Å². The van der Waals surface area contributed by atoms with Crippen LogP contribution in [0.15, 0.2) is 48.5 Å². The number of hydrogen-bond donors (Lipinski definition) is 2. The second-order valence-electron chi connectivity index (χ2n) is 14.2. The molecule has 0 aromatic heterocycles. The summed E-state index contributed by atoms with van der Waals surface area (Å²) in [5.41, 5.74) is 2.58. The predicted octanol–water partition coefficient (Wildman–Crippen LogP) is 5.23. The fourth-order valence-corrected chi connectivity index (χ4v) is 9.36. The van der Waals surface area contributed by atoms with Crippen LogP contribution in [0.5, 0.6) is 0 Å². The van der Waals surface area contributed by atoms with Crippen LogP contribution in [-0.2, 0) is 32.0 Å². The third-order valence-corrected chi connectivity index (χ3v) is 12.0. The summed E-state index contributed by atoms with van der Waals surface area (Å²) in [7, 11) is -0.424. The molecule has 1 aliphatic heterocycles. The molecular weight excluding hydrogens is 699 g/mol. The first-order valence-electron chi connectivity index (χ1n) is 15.7. The van der Waals surface area contributed by atoms with Crippen molar-refractivity contribution in [3.8, 4) is 0 Å². The molecule has 1 heterocycles. The first-order chi connectivity index (χ1) is 21.0. The number of hydrogen-bond acceptors (Lipinski definition) is 5. The van der Waals surface area contributed by atoms with Crippen molar-refractivity contribution in [1.29, 1.82) is 0 Å². The van der Waals surface area contributed by atoms with Gasteiger partial charge in [-0.3, -0.25) is 19.3 Å². The van der Waals surface area contributed by atoms with Crippen molar-refractivity contribution in [2.45, 2.75) is 102 Å². The summed E-state index contributed by atoms with van der Waals surface area (Å²) in [5.74, 6) is -0.889. The number of nitrogens with one attached hydrogen (secondary N) is 2. The lowest BCUT2D eigenvalue weighted by atomic mass is 9.87. The number of aryl methyl sites for hydroxylation is 1. The van der Waals surface area contributed by atoms with Gasteiger partial charge in [-0.15, -0.1) is 0 Å². The summed E-state index contributed by atoms with van der Waals surface area (Å²) >= 11 is 2.23. The molecule has 0 saturated carbocycles. The summed E-state index contributed by atoms with van der Waals surface area (Å²) in [6, 6.07) is 14.2. The zero-order chi connectivity index (χ0) is 33.1. The molecule has 1 unspecified atom stereocenters. The van der Waals surface area contributed by atoms with Crippen molar-refractivity contribution in [2.75, 3.05) is 13.2 Å². The highest BCUT2D eigenvalue weighted by Gasteiger charge is 2.47. The molecule has 2 N–H and O–H groups in total. The minimum Gasteiger partial charge on any atom is -0.444 e. The van der Waals surface area contributed by atoms with Gasteiger partial charge < -0.3 is 20.3 Å². The minimum absolute atomic E-state index is 0.0867. The van der Waals surface area contributed by atoms with E-state index in [1.54, 1.807) is 32.6 Å². The molecule has 45 heavy (non-hydrogen) atoms. The van der Waals surface area contributed by atoms with Gasteiger partial charge in [0, 0.05) is 23.2 Å². The molecule has 1 fully saturated rings. The van der Waals surface area contributed by atoms with Crippen molar-refractivity contribution in [1.82, 2.24) is 20.4 Å². The number of amides is 4. The van der Waals surface area contributed by atoms with E-state index in [0.717, 1.165) is 34.0 Å². The van der Waals surface area contributed by atoms with Crippen molar-refractivity contribution >= 4 is 54.5 Å². The average molecular weight is 747 g/mol. The van der Waals surface area contributed by atoms with E-state index in [2.05, 4.69) is 58.5 Å². The average Bonchev–Trinajstić information content (AvgIpc) is 3.31. The second kappa shape index (κ2) is 14.2. The van der Waals surface area contributed by atoms with Crippen LogP contribution < -0.4 is 10.6 Å². The Kier molecular flexibility index (Phi) is 11.0. The minimum atomic E-state index is -1.93. The van der Waals surface area contributed by atoms with Gasteiger partial charge in [-0.1, -0.05) is 49.5 Å². The molecule has 2 aromatic rings. The lowest BCUT2D eigenvalue weighted by Gasteiger charge is -2.33. The second-order valence-corrected chi connectivity index (χ2v) is 20.5. The van der Waals surface area contributed by atoms with E-state index < -0.39 is 43.8 Å². The molecule has 1 saturated heterocycles. The van der Waals surface area contributed by atoms with Gasteiger partial charge in [-0.05, 0) is 104 Å². The Labute approximate surface area is 282 Å². The van der Waals surface area contributed by atoms with E-state index >= 15 is 0 Å². The molecule has 11 heteroatoms. The van der Waals surface area contributed by atoms with E-state index in [-0.39, 0.29) is 24.3 Å². The van der Waals surface area contributed by atoms with E-state index in [1.165, 1.54) is 17.5 Å². The highest BCUT2D eigenvalue weighted by molar-refractivity contribution is 14.1. The summed E-state index contributed by atoms with van der Waals surface area (Å²) in [6.45, 7) is 11.3. The largest absolute Gasteiger partial charge is 0.444 e. The molecule has 9 nitrogen and oxygen atoms in total. The van der Waals surface area contributed by atoms with E-state index in [1.807, 2.05) is 36.4 Å². The molecule has 1 aliphatic carbocycles. The Hall–Kier alpha value is -2.93. The Bertz CT molecular complexity index is 1410. The number of rotatable bonds is 8. The van der Waals surface area contributed by atoms with Gasteiger partial charge >= 0.3 is 6.09 Å². The van der Waals surface area contributed by atoms with Crippen LogP contribution in [0.2, 0.25) is 19.1 Å². The van der Waals surface area contributed by atoms with Gasteiger partial charge in [0.1, 0.15) is 23.7 Å². The Balaban J connectivity index is 1.56. The van der Waals surface area contributed by atoms with Gasteiger partial charge in [-0.2, -0.15) is 0 Å². The Morgan fingerprint density at radius 2 is 1.76 bits per heavy atom. The first-order valence-corrected chi connectivity index (χ1v) is 20.2. The van der Waals surface area contributed by atoms with Crippen LogP contribution in [0, 0.1) is 3.57 Å². The first kappa shape index (κ1) is 34.9. The number of nitrogens with zero attached hydrogens (tertiary/aromatic N) is 2. The Morgan fingerprint density at radius 3 is 2.42 bits per heavy atom. The number of carbonyl (C=O) groups excluding carboxylic acids is 4. The molecule has 0 spiro atoms. The SMILES string of the molecule is C[C@@H](C(=O)N[C@@H](Cc1ccc(I)cc1)C(=O)N1C[Si](C)(C)C[C@H]1C(=O)NC1CCCc2ccccc21)N(C)C(=O)OC(C)(C)C. The lowest BCUT2D eigenvalue weighted by Crippen LogP contribution is -2.57. The fourth-order valence-electron chi connectivity index (χ4n) is 6.12. The molecule has 2 aliphatic rings. The summed E-state index contributed by atoms with van der Waals surface area (Å²) in [5, 5.41) is 6.22. The van der Waals surface area contributed by atoms with Crippen LogP contribution >= 0.6 is 22.6 Å². The van der Waals surface area contributed by atoms with Crippen LogP contribution in [0.1, 0.15) is 63.3 Å². The Morgan fingerprint density at radius 1 is 1.09 bits per heavy atom. The van der Waals surface area contributed by atoms with Crippen LogP contribution in [0.3, 0.4) is 0 Å². The number of benzene rings is 2. The van der Waals surface area contributed by atoms with Gasteiger partial charge in [0.05, 0.1) is 14.1 Å². The molecule has 0 bridgehead atoms. The van der Waals surface area contributed by atoms with Crippen LogP contribution in [0.4, 0.5) is 4.79 Å². The number of fused-ring (bicyclic) bond motifs is 1. The molecule has 4 atom stereocenters. The molecule has 4 amide bonds.